The number of methoxy groups -OCH3 is 2. The smallest absolute Gasteiger partial charge is 0.412 e. The summed E-state index contributed by atoms with van der Waals surface area (Å²) < 4.78 is 9.74. The molecule has 0 bridgehead atoms. The zero-order valence-corrected chi connectivity index (χ0v) is 11.8. The van der Waals surface area contributed by atoms with Crippen LogP contribution in [0.2, 0.25) is 0 Å². The number of para-hydroxylation sites is 1. The summed E-state index contributed by atoms with van der Waals surface area (Å²) in [5, 5.41) is 13.4. The van der Waals surface area contributed by atoms with E-state index in [-0.39, 0.29) is 0 Å². The van der Waals surface area contributed by atoms with Gasteiger partial charge in [-0.25, -0.2) is 4.79 Å². The monoisotopic (exact) mass is 288 g/mol. The van der Waals surface area contributed by atoms with Crippen molar-refractivity contribution in [2.45, 2.75) is 6.54 Å². The SMILES string of the molecule is COC(=O)Nc1ccc(NCc2ccccc2OC)nn1. The molecule has 7 nitrogen and oxygen atoms in total. The third-order valence-corrected chi connectivity index (χ3v) is 2.73. The van der Waals surface area contributed by atoms with E-state index in [0.29, 0.717) is 18.2 Å². The lowest BCUT2D eigenvalue weighted by atomic mass is 10.2. The molecule has 1 aromatic heterocycles. The van der Waals surface area contributed by atoms with Gasteiger partial charge < -0.3 is 14.8 Å². The highest BCUT2D eigenvalue weighted by Crippen LogP contribution is 2.18. The van der Waals surface area contributed by atoms with Gasteiger partial charge in [0.25, 0.3) is 0 Å². The van der Waals surface area contributed by atoms with E-state index in [4.69, 9.17) is 4.74 Å². The Morgan fingerprint density at radius 3 is 2.48 bits per heavy atom. The molecule has 0 unspecified atom stereocenters. The predicted molar refractivity (Wildman–Crippen MR) is 78.4 cm³/mol. The van der Waals surface area contributed by atoms with E-state index in [1.807, 2.05) is 24.3 Å². The van der Waals surface area contributed by atoms with Crippen LogP contribution >= 0.6 is 0 Å². The number of ether oxygens (including phenoxy) is 2. The summed E-state index contributed by atoms with van der Waals surface area (Å²) in [5.74, 6) is 1.72. The van der Waals surface area contributed by atoms with Gasteiger partial charge in [0.2, 0.25) is 0 Å². The molecule has 0 aliphatic rings. The van der Waals surface area contributed by atoms with Gasteiger partial charge in [-0.2, -0.15) is 0 Å². The van der Waals surface area contributed by atoms with Crippen molar-refractivity contribution in [2.24, 2.45) is 0 Å². The van der Waals surface area contributed by atoms with Crippen LogP contribution in [0, 0.1) is 0 Å². The van der Waals surface area contributed by atoms with Gasteiger partial charge in [-0.05, 0) is 18.2 Å². The molecule has 21 heavy (non-hydrogen) atoms. The van der Waals surface area contributed by atoms with E-state index in [9.17, 15) is 4.79 Å². The maximum atomic E-state index is 11.0. The minimum Gasteiger partial charge on any atom is -0.496 e. The molecule has 0 fully saturated rings. The number of carbonyl (C=O) groups is 1. The van der Waals surface area contributed by atoms with Gasteiger partial charge in [0.05, 0.1) is 14.2 Å². The summed E-state index contributed by atoms with van der Waals surface area (Å²) in [5.41, 5.74) is 1.01. The maximum absolute atomic E-state index is 11.0. The first kappa shape index (κ1) is 14.6. The number of hydrogen-bond acceptors (Lipinski definition) is 6. The van der Waals surface area contributed by atoms with Crippen molar-refractivity contribution in [1.29, 1.82) is 0 Å². The van der Waals surface area contributed by atoms with E-state index < -0.39 is 6.09 Å². The lowest BCUT2D eigenvalue weighted by Gasteiger charge is -2.09. The van der Waals surface area contributed by atoms with E-state index in [1.54, 1.807) is 19.2 Å². The molecule has 0 saturated carbocycles. The van der Waals surface area contributed by atoms with E-state index in [0.717, 1.165) is 11.3 Å². The van der Waals surface area contributed by atoms with E-state index in [1.165, 1.54) is 7.11 Å². The topological polar surface area (TPSA) is 85.4 Å². The van der Waals surface area contributed by atoms with Gasteiger partial charge >= 0.3 is 6.09 Å². The summed E-state index contributed by atoms with van der Waals surface area (Å²) in [4.78, 5) is 11.0. The Kier molecular flexibility index (Phi) is 4.92. The molecule has 1 amide bonds. The van der Waals surface area contributed by atoms with Gasteiger partial charge in [0.1, 0.15) is 11.6 Å². The van der Waals surface area contributed by atoms with E-state index >= 15 is 0 Å². The largest absolute Gasteiger partial charge is 0.496 e. The molecule has 2 rings (SSSR count). The Hall–Kier alpha value is -2.83. The van der Waals surface area contributed by atoms with Crippen LogP contribution < -0.4 is 15.4 Å². The number of hydrogen-bond donors (Lipinski definition) is 2. The first-order chi connectivity index (χ1) is 10.2. The normalized spacial score (nSPS) is 9.81. The summed E-state index contributed by atoms with van der Waals surface area (Å²) in [7, 11) is 2.91. The number of nitrogens with one attached hydrogen (secondary N) is 2. The van der Waals surface area contributed by atoms with Crippen molar-refractivity contribution < 1.29 is 14.3 Å². The van der Waals surface area contributed by atoms with Crippen molar-refractivity contribution >= 4 is 17.7 Å². The molecule has 2 aromatic rings. The molecule has 0 saturated heterocycles. The maximum Gasteiger partial charge on any atom is 0.412 e. The van der Waals surface area contributed by atoms with Gasteiger partial charge in [-0.3, -0.25) is 5.32 Å². The Morgan fingerprint density at radius 2 is 1.81 bits per heavy atom. The number of nitrogens with zero attached hydrogens (tertiary/aromatic N) is 2. The van der Waals surface area contributed by atoms with E-state index in [2.05, 4.69) is 25.6 Å². The average molecular weight is 288 g/mol. The minimum atomic E-state index is -0.584. The second kappa shape index (κ2) is 7.09. The van der Waals surface area contributed by atoms with Crippen molar-refractivity contribution in [3.63, 3.8) is 0 Å². The lowest BCUT2D eigenvalue weighted by Crippen LogP contribution is -2.13. The summed E-state index contributed by atoms with van der Waals surface area (Å²) in [6.45, 7) is 0.558. The van der Waals surface area contributed by atoms with Crippen LogP contribution in [0.15, 0.2) is 36.4 Å². The molecule has 1 aromatic carbocycles. The van der Waals surface area contributed by atoms with Crippen LogP contribution in [-0.4, -0.2) is 30.5 Å². The lowest BCUT2D eigenvalue weighted by molar-refractivity contribution is 0.187. The van der Waals surface area contributed by atoms with Crippen LogP contribution in [0.3, 0.4) is 0 Å². The molecule has 0 radical (unpaired) electrons. The zero-order chi connectivity index (χ0) is 15.1. The van der Waals surface area contributed by atoms with Crippen LogP contribution in [0.25, 0.3) is 0 Å². The molecule has 2 N–H and O–H groups in total. The van der Waals surface area contributed by atoms with Gasteiger partial charge in [0.15, 0.2) is 5.82 Å². The number of amides is 1. The fraction of sp³-hybridized carbons (Fsp3) is 0.214. The second-order valence-electron chi connectivity index (χ2n) is 4.09. The number of carbonyl (C=O) groups excluding carboxylic acids is 1. The third-order valence-electron chi connectivity index (χ3n) is 2.73. The first-order valence-electron chi connectivity index (χ1n) is 6.27. The Balaban J connectivity index is 1.96. The quantitative estimate of drug-likeness (QED) is 0.878. The Labute approximate surface area is 122 Å². The molecule has 0 aliphatic carbocycles. The highest BCUT2D eigenvalue weighted by Gasteiger charge is 2.04. The Morgan fingerprint density at radius 1 is 1.10 bits per heavy atom. The highest BCUT2D eigenvalue weighted by molar-refractivity contribution is 5.83. The third kappa shape index (κ3) is 4.07. The van der Waals surface area contributed by atoms with Crippen LogP contribution in [-0.2, 0) is 11.3 Å². The molecule has 1 heterocycles. The standard InChI is InChI=1S/C14H16N4O3/c1-20-11-6-4-3-5-10(11)9-15-12-7-8-13(18-17-12)16-14(19)21-2/h3-8H,9H2,1-2H3,(H,15,17)(H,16,18,19). The van der Waals surface area contributed by atoms with Gasteiger partial charge in [-0.15, -0.1) is 10.2 Å². The number of benzene rings is 1. The number of rotatable bonds is 5. The van der Waals surface area contributed by atoms with Crippen molar-refractivity contribution in [3.8, 4) is 5.75 Å². The van der Waals surface area contributed by atoms with Crippen molar-refractivity contribution in [3.05, 3.63) is 42.0 Å². The summed E-state index contributed by atoms with van der Waals surface area (Å²) in [6.07, 6.45) is -0.584. The molecule has 7 heteroatoms. The average Bonchev–Trinajstić information content (AvgIpc) is 2.54. The molecule has 0 spiro atoms. The Bertz CT molecular complexity index is 601. The molecular formula is C14H16N4O3. The molecule has 110 valence electrons. The minimum absolute atomic E-state index is 0.324. The molecular weight excluding hydrogens is 272 g/mol. The van der Waals surface area contributed by atoms with Crippen LogP contribution in [0.5, 0.6) is 5.75 Å². The number of aromatic nitrogens is 2. The van der Waals surface area contributed by atoms with Crippen molar-refractivity contribution in [2.75, 3.05) is 24.9 Å². The van der Waals surface area contributed by atoms with Crippen molar-refractivity contribution in [1.82, 2.24) is 10.2 Å². The first-order valence-corrected chi connectivity index (χ1v) is 6.27. The highest BCUT2D eigenvalue weighted by atomic mass is 16.5. The summed E-state index contributed by atoms with van der Waals surface area (Å²) >= 11 is 0. The number of anilines is 2. The van der Waals surface area contributed by atoms with Crippen LogP contribution in [0.4, 0.5) is 16.4 Å². The van der Waals surface area contributed by atoms with Gasteiger partial charge in [0, 0.05) is 12.1 Å². The fourth-order valence-corrected chi connectivity index (χ4v) is 1.68. The molecule has 0 atom stereocenters. The summed E-state index contributed by atoms with van der Waals surface area (Å²) in [6, 6.07) is 11.1. The van der Waals surface area contributed by atoms with Crippen LogP contribution in [0.1, 0.15) is 5.56 Å². The predicted octanol–water partition coefficient (Wildman–Crippen LogP) is 2.28. The second-order valence-corrected chi connectivity index (χ2v) is 4.09. The molecule has 0 aliphatic heterocycles. The van der Waals surface area contributed by atoms with Gasteiger partial charge in [-0.1, -0.05) is 18.2 Å². The zero-order valence-electron chi connectivity index (χ0n) is 11.8. The fourth-order valence-electron chi connectivity index (χ4n) is 1.68.